The number of hydrogen-bond acceptors (Lipinski definition) is 5. The fourth-order valence-electron chi connectivity index (χ4n) is 4.10. The number of hydrogen-bond donors (Lipinski definition) is 1. The number of anilines is 1. The third kappa shape index (κ3) is 5.57. The van der Waals surface area contributed by atoms with Gasteiger partial charge in [-0.1, -0.05) is 42.3 Å². The van der Waals surface area contributed by atoms with Crippen molar-refractivity contribution < 1.29 is 4.79 Å². The molecule has 3 heterocycles. The molecule has 0 unspecified atom stereocenters. The standard InChI is InChI=1S/C18H13Cl2N5.C8H15NO/c1-21-16-15-18(23-10-22-16)25(12-8-6-11(19)7-9-12)17(24-15)13-4-2-3-5-14(13)20;1-2-8(10)9-6-4-3-5-7-9/h2-10H,1H3,(H,21,22,23);2-7H2,1H3. The van der Waals surface area contributed by atoms with Crippen LogP contribution in [0.15, 0.2) is 54.9 Å². The van der Waals surface area contributed by atoms with Crippen LogP contribution in [0.5, 0.6) is 0 Å². The Bertz CT molecular complexity index is 1300. The van der Waals surface area contributed by atoms with Crippen molar-refractivity contribution in [1.82, 2.24) is 24.4 Å². The normalized spacial score (nSPS) is 13.3. The Morgan fingerprint density at radius 1 is 1.00 bits per heavy atom. The van der Waals surface area contributed by atoms with Crippen LogP contribution < -0.4 is 5.32 Å². The van der Waals surface area contributed by atoms with Gasteiger partial charge in [-0.2, -0.15) is 0 Å². The molecule has 0 radical (unpaired) electrons. The fraction of sp³-hybridized carbons (Fsp3) is 0.308. The van der Waals surface area contributed by atoms with Gasteiger partial charge in [0.15, 0.2) is 17.0 Å². The summed E-state index contributed by atoms with van der Waals surface area (Å²) in [5, 5.41) is 4.34. The number of nitrogens with zero attached hydrogens (tertiary/aromatic N) is 5. The Labute approximate surface area is 215 Å². The number of nitrogens with one attached hydrogen (secondary N) is 1. The quantitative estimate of drug-likeness (QED) is 0.351. The van der Waals surface area contributed by atoms with Gasteiger partial charge in [0.05, 0.1) is 5.02 Å². The second kappa shape index (κ2) is 11.5. The van der Waals surface area contributed by atoms with Gasteiger partial charge >= 0.3 is 0 Å². The van der Waals surface area contributed by atoms with E-state index >= 15 is 0 Å². The van der Waals surface area contributed by atoms with Crippen LogP contribution in [0.3, 0.4) is 0 Å². The highest BCUT2D eigenvalue weighted by molar-refractivity contribution is 6.33. The minimum atomic E-state index is 0.319. The van der Waals surface area contributed by atoms with Gasteiger partial charge in [0.1, 0.15) is 12.2 Å². The zero-order valence-corrected chi connectivity index (χ0v) is 21.4. The lowest BCUT2D eigenvalue weighted by molar-refractivity contribution is -0.131. The van der Waals surface area contributed by atoms with E-state index in [9.17, 15) is 4.79 Å². The fourth-order valence-corrected chi connectivity index (χ4v) is 4.45. The maximum Gasteiger partial charge on any atom is 0.222 e. The molecule has 5 rings (SSSR count). The number of carbonyl (C=O) groups excluding carboxylic acids is 1. The van der Waals surface area contributed by atoms with E-state index in [4.69, 9.17) is 28.2 Å². The summed E-state index contributed by atoms with van der Waals surface area (Å²) in [5.41, 5.74) is 3.08. The molecule has 0 bridgehead atoms. The number of rotatable bonds is 4. The number of fused-ring (bicyclic) bond motifs is 1. The van der Waals surface area contributed by atoms with Gasteiger partial charge in [-0.3, -0.25) is 9.36 Å². The molecule has 0 aliphatic carbocycles. The molecule has 1 aliphatic rings. The third-order valence-corrected chi connectivity index (χ3v) is 6.47. The molecule has 2 aromatic heterocycles. The van der Waals surface area contributed by atoms with Crippen LogP contribution in [-0.4, -0.2) is 50.5 Å². The van der Waals surface area contributed by atoms with E-state index in [0.29, 0.717) is 45.2 Å². The molecule has 1 fully saturated rings. The van der Waals surface area contributed by atoms with Gasteiger partial charge in [-0.25, -0.2) is 15.0 Å². The highest BCUT2D eigenvalue weighted by Gasteiger charge is 2.19. The smallest absolute Gasteiger partial charge is 0.222 e. The molecule has 0 atom stereocenters. The molecule has 0 saturated carbocycles. The van der Waals surface area contributed by atoms with E-state index in [2.05, 4.69) is 15.3 Å². The molecule has 1 N–H and O–H groups in total. The van der Waals surface area contributed by atoms with E-state index in [0.717, 1.165) is 24.3 Å². The first-order chi connectivity index (χ1) is 17.0. The summed E-state index contributed by atoms with van der Waals surface area (Å²) < 4.78 is 1.95. The zero-order chi connectivity index (χ0) is 24.8. The number of amides is 1. The topological polar surface area (TPSA) is 75.9 Å². The highest BCUT2D eigenvalue weighted by atomic mass is 35.5. The summed E-state index contributed by atoms with van der Waals surface area (Å²) in [6.07, 6.45) is 5.88. The average Bonchev–Trinajstić information content (AvgIpc) is 3.29. The second-order valence-electron chi connectivity index (χ2n) is 8.17. The Morgan fingerprint density at radius 2 is 1.71 bits per heavy atom. The average molecular weight is 511 g/mol. The van der Waals surface area contributed by atoms with E-state index in [1.165, 1.54) is 25.6 Å². The summed E-state index contributed by atoms with van der Waals surface area (Å²) in [6.45, 7) is 3.91. The summed E-state index contributed by atoms with van der Waals surface area (Å²) in [4.78, 5) is 26.5. The highest BCUT2D eigenvalue weighted by Crippen LogP contribution is 2.33. The molecule has 1 amide bonds. The maximum atomic E-state index is 11.1. The predicted octanol–water partition coefficient (Wildman–Crippen LogP) is 6.24. The number of aromatic nitrogens is 4. The molecule has 9 heteroatoms. The number of likely N-dealkylation sites (tertiary alicyclic amines) is 1. The minimum Gasteiger partial charge on any atom is -0.371 e. The largest absolute Gasteiger partial charge is 0.371 e. The predicted molar refractivity (Wildman–Crippen MR) is 142 cm³/mol. The molecule has 7 nitrogen and oxygen atoms in total. The van der Waals surface area contributed by atoms with E-state index in [-0.39, 0.29) is 0 Å². The number of carbonyl (C=O) groups is 1. The van der Waals surface area contributed by atoms with Crippen LogP contribution >= 0.6 is 23.2 Å². The van der Waals surface area contributed by atoms with E-state index in [1.807, 2.05) is 64.9 Å². The second-order valence-corrected chi connectivity index (χ2v) is 9.01. The Hall–Kier alpha value is -3.16. The van der Waals surface area contributed by atoms with Crippen LogP contribution in [0.2, 0.25) is 10.0 Å². The molecular formula is C26H28Cl2N6O. The van der Waals surface area contributed by atoms with Crippen molar-refractivity contribution in [3.8, 4) is 17.1 Å². The van der Waals surface area contributed by atoms with Crippen LogP contribution in [0, 0.1) is 0 Å². The number of halogens is 2. The van der Waals surface area contributed by atoms with Crippen molar-refractivity contribution >= 4 is 46.1 Å². The summed E-state index contributed by atoms with van der Waals surface area (Å²) in [6, 6.07) is 15.1. The SMILES string of the molecule is CCC(=O)N1CCCCC1.CNc1ncnc2c1nc(-c1ccccc1Cl)n2-c1ccc(Cl)cc1. The molecule has 35 heavy (non-hydrogen) atoms. The first-order valence-corrected chi connectivity index (χ1v) is 12.5. The lowest BCUT2D eigenvalue weighted by atomic mass is 10.1. The molecular weight excluding hydrogens is 483 g/mol. The van der Waals surface area contributed by atoms with Crippen molar-refractivity contribution in [3.63, 3.8) is 0 Å². The zero-order valence-electron chi connectivity index (χ0n) is 19.8. The van der Waals surface area contributed by atoms with Crippen molar-refractivity contribution in [2.24, 2.45) is 0 Å². The monoisotopic (exact) mass is 510 g/mol. The molecule has 0 spiro atoms. The van der Waals surface area contributed by atoms with Gasteiger partial charge in [0.25, 0.3) is 0 Å². The van der Waals surface area contributed by atoms with Crippen LogP contribution in [-0.2, 0) is 4.79 Å². The Balaban J connectivity index is 0.000000243. The minimum absolute atomic E-state index is 0.319. The van der Waals surface area contributed by atoms with Crippen LogP contribution in [0.4, 0.5) is 5.82 Å². The van der Waals surface area contributed by atoms with Crippen LogP contribution in [0.25, 0.3) is 28.2 Å². The van der Waals surface area contributed by atoms with Gasteiger partial charge in [-0.15, -0.1) is 0 Å². The number of piperidine rings is 1. The molecule has 4 aromatic rings. The van der Waals surface area contributed by atoms with Gasteiger partial charge in [0.2, 0.25) is 5.91 Å². The lowest BCUT2D eigenvalue weighted by Gasteiger charge is -2.26. The third-order valence-electron chi connectivity index (χ3n) is 5.89. The summed E-state index contributed by atoms with van der Waals surface area (Å²) in [7, 11) is 1.80. The summed E-state index contributed by atoms with van der Waals surface area (Å²) in [5.74, 6) is 1.67. The lowest BCUT2D eigenvalue weighted by Crippen LogP contribution is -2.34. The van der Waals surface area contributed by atoms with Gasteiger partial charge < -0.3 is 10.2 Å². The van der Waals surface area contributed by atoms with Gasteiger partial charge in [-0.05, 0) is 55.7 Å². The van der Waals surface area contributed by atoms with Crippen molar-refractivity contribution in [3.05, 3.63) is 64.9 Å². The van der Waals surface area contributed by atoms with Crippen LogP contribution in [0.1, 0.15) is 32.6 Å². The van der Waals surface area contributed by atoms with Crippen molar-refractivity contribution in [2.75, 3.05) is 25.5 Å². The van der Waals surface area contributed by atoms with Gasteiger partial charge in [0, 0.05) is 42.8 Å². The summed E-state index contributed by atoms with van der Waals surface area (Å²) >= 11 is 12.5. The van der Waals surface area contributed by atoms with E-state index in [1.54, 1.807) is 7.05 Å². The number of imidazole rings is 1. The first-order valence-electron chi connectivity index (χ1n) is 11.7. The number of benzene rings is 2. The molecule has 1 aliphatic heterocycles. The van der Waals surface area contributed by atoms with Crippen molar-refractivity contribution in [2.45, 2.75) is 32.6 Å². The molecule has 2 aromatic carbocycles. The molecule has 1 saturated heterocycles. The Morgan fingerprint density at radius 3 is 2.37 bits per heavy atom. The first kappa shape index (κ1) is 24.9. The Kier molecular flexibility index (Phi) is 8.21. The van der Waals surface area contributed by atoms with E-state index < -0.39 is 0 Å². The molecule has 182 valence electrons. The van der Waals surface area contributed by atoms with Crippen molar-refractivity contribution in [1.29, 1.82) is 0 Å². The maximum absolute atomic E-state index is 11.1.